The third kappa shape index (κ3) is 3.32. The van der Waals surface area contributed by atoms with E-state index in [-0.39, 0.29) is 12.1 Å². The summed E-state index contributed by atoms with van der Waals surface area (Å²) >= 11 is 0. The van der Waals surface area contributed by atoms with Gasteiger partial charge < -0.3 is 9.47 Å². The Morgan fingerprint density at radius 3 is 2.92 bits per heavy atom. The zero-order valence-corrected chi connectivity index (χ0v) is 8.28. The Morgan fingerprint density at radius 1 is 1.54 bits per heavy atom. The number of hydrogen-bond donors (Lipinski definition) is 0. The van der Waals surface area contributed by atoms with E-state index in [1.165, 1.54) is 7.11 Å². The smallest absolute Gasteiger partial charge is 0.319 e. The Morgan fingerprint density at radius 2 is 2.31 bits per heavy atom. The van der Waals surface area contributed by atoms with Gasteiger partial charge in [-0.25, -0.2) is 0 Å². The maximum Gasteiger partial charge on any atom is 0.319 e. The Balaban J connectivity index is 2.29. The van der Waals surface area contributed by atoms with Gasteiger partial charge in [-0.2, -0.15) is 0 Å². The van der Waals surface area contributed by atoms with Gasteiger partial charge in [0.15, 0.2) is 0 Å². The number of esters is 1. The van der Waals surface area contributed by atoms with Gasteiger partial charge in [-0.15, -0.1) is 0 Å². The van der Waals surface area contributed by atoms with Gasteiger partial charge in [-0.05, 0) is 19.4 Å². The minimum absolute atomic E-state index is 0.170. The van der Waals surface area contributed by atoms with Crippen molar-refractivity contribution in [3.8, 4) is 0 Å². The van der Waals surface area contributed by atoms with Crippen LogP contribution in [0.5, 0.6) is 0 Å². The van der Waals surface area contributed by atoms with E-state index < -0.39 is 0 Å². The van der Waals surface area contributed by atoms with E-state index in [1.807, 2.05) is 0 Å². The molecule has 0 bridgehead atoms. The van der Waals surface area contributed by atoms with Crippen LogP contribution in [0, 0.1) is 0 Å². The monoisotopic (exact) mass is 187 g/mol. The third-order valence-corrected chi connectivity index (χ3v) is 2.38. The van der Waals surface area contributed by atoms with Crippen molar-refractivity contribution in [3.05, 3.63) is 0 Å². The van der Waals surface area contributed by atoms with Gasteiger partial charge >= 0.3 is 5.97 Å². The molecule has 0 radical (unpaired) electrons. The predicted octanol–water partition coefficient (Wildman–Crippen LogP) is 0.270. The highest BCUT2D eigenvalue weighted by Gasteiger charge is 2.20. The average molecular weight is 187 g/mol. The Bertz CT molecular complexity index is 172. The predicted molar refractivity (Wildman–Crippen MR) is 48.5 cm³/mol. The molecule has 0 N–H and O–H groups in total. The number of ether oxygens (including phenoxy) is 2. The summed E-state index contributed by atoms with van der Waals surface area (Å²) in [5.74, 6) is -0.170. The first-order valence-electron chi connectivity index (χ1n) is 4.58. The van der Waals surface area contributed by atoms with Gasteiger partial charge in [0.05, 0.1) is 19.8 Å². The fourth-order valence-corrected chi connectivity index (χ4v) is 1.60. The van der Waals surface area contributed by atoms with Gasteiger partial charge in [0, 0.05) is 13.7 Å². The lowest BCUT2D eigenvalue weighted by Gasteiger charge is -2.30. The van der Waals surface area contributed by atoms with E-state index in [0.717, 1.165) is 25.9 Å². The molecular formula is C9H17NO3. The minimum Gasteiger partial charge on any atom is -0.468 e. The molecule has 0 aliphatic carbocycles. The fourth-order valence-electron chi connectivity index (χ4n) is 1.60. The minimum atomic E-state index is -0.170. The van der Waals surface area contributed by atoms with Crippen LogP contribution in [0.4, 0.5) is 0 Å². The van der Waals surface area contributed by atoms with Crippen molar-refractivity contribution in [2.24, 2.45) is 0 Å². The molecule has 1 atom stereocenters. The van der Waals surface area contributed by atoms with Crippen molar-refractivity contribution in [1.82, 2.24) is 4.90 Å². The molecule has 1 unspecified atom stereocenters. The van der Waals surface area contributed by atoms with Crippen LogP contribution in [-0.4, -0.2) is 50.8 Å². The molecule has 4 heteroatoms. The number of methoxy groups -OCH3 is 2. The van der Waals surface area contributed by atoms with Crippen LogP contribution in [-0.2, 0) is 14.3 Å². The molecule has 1 heterocycles. The lowest BCUT2D eigenvalue weighted by Crippen LogP contribution is -2.42. The van der Waals surface area contributed by atoms with E-state index in [1.54, 1.807) is 7.11 Å². The summed E-state index contributed by atoms with van der Waals surface area (Å²) in [6, 6.07) is 0. The number of hydrogen-bond acceptors (Lipinski definition) is 4. The molecule has 1 saturated heterocycles. The summed E-state index contributed by atoms with van der Waals surface area (Å²) < 4.78 is 9.84. The Labute approximate surface area is 78.8 Å². The fraction of sp³-hybridized carbons (Fsp3) is 0.889. The molecule has 1 aliphatic heterocycles. The summed E-state index contributed by atoms with van der Waals surface area (Å²) in [5, 5.41) is 0. The first-order valence-corrected chi connectivity index (χ1v) is 4.58. The quantitative estimate of drug-likeness (QED) is 0.594. The van der Waals surface area contributed by atoms with Crippen molar-refractivity contribution >= 4 is 5.97 Å². The number of rotatable bonds is 3. The molecular weight excluding hydrogens is 170 g/mol. The highest BCUT2D eigenvalue weighted by atomic mass is 16.5. The highest BCUT2D eigenvalue weighted by molar-refractivity contribution is 5.71. The van der Waals surface area contributed by atoms with Crippen molar-refractivity contribution in [3.63, 3.8) is 0 Å². The summed E-state index contributed by atoms with van der Waals surface area (Å²) in [7, 11) is 3.13. The normalized spacial score (nSPS) is 24.3. The maximum atomic E-state index is 11.0. The Kier molecular flexibility index (Phi) is 4.18. The molecule has 1 aliphatic rings. The van der Waals surface area contributed by atoms with Crippen molar-refractivity contribution in [1.29, 1.82) is 0 Å². The van der Waals surface area contributed by atoms with Gasteiger partial charge in [-0.1, -0.05) is 0 Å². The molecule has 0 amide bonds. The van der Waals surface area contributed by atoms with E-state index in [9.17, 15) is 4.79 Å². The zero-order chi connectivity index (χ0) is 9.68. The number of carbonyl (C=O) groups is 1. The topological polar surface area (TPSA) is 38.8 Å². The van der Waals surface area contributed by atoms with Crippen LogP contribution in [0.1, 0.15) is 12.8 Å². The van der Waals surface area contributed by atoms with Crippen LogP contribution >= 0.6 is 0 Å². The largest absolute Gasteiger partial charge is 0.468 e. The second-order valence-corrected chi connectivity index (χ2v) is 3.31. The van der Waals surface area contributed by atoms with Crippen LogP contribution in [0.2, 0.25) is 0 Å². The highest BCUT2D eigenvalue weighted by Crippen LogP contribution is 2.11. The number of nitrogens with zero attached hydrogens (tertiary/aromatic N) is 1. The van der Waals surface area contributed by atoms with Crippen LogP contribution in [0.3, 0.4) is 0 Å². The molecule has 1 fully saturated rings. The van der Waals surface area contributed by atoms with Crippen molar-refractivity contribution < 1.29 is 14.3 Å². The first-order chi connectivity index (χ1) is 6.26. The Hall–Kier alpha value is -0.610. The van der Waals surface area contributed by atoms with Gasteiger partial charge in [0.25, 0.3) is 0 Å². The van der Waals surface area contributed by atoms with E-state index in [4.69, 9.17) is 4.74 Å². The van der Waals surface area contributed by atoms with Crippen LogP contribution in [0.25, 0.3) is 0 Å². The summed E-state index contributed by atoms with van der Waals surface area (Å²) in [5.41, 5.74) is 0. The standard InChI is InChI=1S/C9H17NO3/c1-12-8-4-3-5-10(6-8)7-9(11)13-2/h8H,3-7H2,1-2H3. The second-order valence-electron chi connectivity index (χ2n) is 3.31. The molecule has 1 rings (SSSR count). The number of carbonyl (C=O) groups excluding carboxylic acids is 1. The van der Waals surface area contributed by atoms with Gasteiger partial charge in [-0.3, -0.25) is 9.69 Å². The van der Waals surface area contributed by atoms with E-state index in [0.29, 0.717) is 6.54 Å². The molecule has 0 aromatic carbocycles. The summed E-state index contributed by atoms with van der Waals surface area (Å²) in [6.45, 7) is 2.19. The third-order valence-electron chi connectivity index (χ3n) is 2.38. The van der Waals surface area contributed by atoms with Crippen molar-refractivity contribution in [2.45, 2.75) is 18.9 Å². The number of likely N-dealkylation sites (tertiary alicyclic amines) is 1. The van der Waals surface area contributed by atoms with Crippen molar-refractivity contribution in [2.75, 3.05) is 33.9 Å². The van der Waals surface area contributed by atoms with E-state index >= 15 is 0 Å². The van der Waals surface area contributed by atoms with E-state index in [2.05, 4.69) is 9.64 Å². The lowest BCUT2D eigenvalue weighted by atomic mass is 10.1. The maximum absolute atomic E-state index is 11.0. The molecule has 0 spiro atoms. The molecule has 0 aromatic rings. The first kappa shape index (κ1) is 10.5. The molecule has 13 heavy (non-hydrogen) atoms. The number of piperidine rings is 1. The van der Waals surface area contributed by atoms with Crippen LogP contribution in [0.15, 0.2) is 0 Å². The second kappa shape index (κ2) is 5.19. The van der Waals surface area contributed by atoms with Gasteiger partial charge in [0.2, 0.25) is 0 Å². The summed E-state index contributed by atoms with van der Waals surface area (Å²) in [4.78, 5) is 13.0. The van der Waals surface area contributed by atoms with Crippen LogP contribution < -0.4 is 0 Å². The summed E-state index contributed by atoms with van der Waals surface area (Å²) in [6.07, 6.45) is 2.46. The SMILES string of the molecule is COC(=O)CN1CCCC(OC)C1. The lowest BCUT2D eigenvalue weighted by molar-refractivity contribution is -0.142. The average Bonchev–Trinajstić information content (AvgIpc) is 2.18. The molecule has 0 saturated carbocycles. The zero-order valence-electron chi connectivity index (χ0n) is 8.28. The molecule has 76 valence electrons. The molecule has 4 nitrogen and oxygen atoms in total. The molecule has 0 aromatic heterocycles. The van der Waals surface area contributed by atoms with Gasteiger partial charge in [0.1, 0.15) is 0 Å².